The van der Waals surface area contributed by atoms with Gasteiger partial charge >= 0.3 is 23.3 Å². The van der Waals surface area contributed by atoms with Crippen LogP contribution in [0.5, 0.6) is 0 Å². The number of nitrogens with zero attached hydrogens (tertiary/aromatic N) is 4. The summed E-state index contributed by atoms with van der Waals surface area (Å²) >= 11 is 0. The normalized spacial score (nSPS) is 12.7. The lowest BCUT2D eigenvalue weighted by Gasteiger charge is -2.21. The van der Waals surface area contributed by atoms with E-state index in [2.05, 4.69) is 0 Å². The summed E-state index contributed by atoms with van der Waals surface area (Å²) < 4.78 is 0. The molecule has 0 amide bonds. The van der Waals surface area contributed by atoms with Gasteiger partial charge in [0.25, 0.3) is 0 Å². The Hall–Kier alpha value is -3.72. The number of hydrogen-bond donors (Lipinski definition) is 2. The molecule has 0 fully saturated rings. The van der Waals surface area contributed by atoms with Crippen LogP contribution in [0, 0.1) is 40.5 Å². The highest BCUT2D eigenvalue weighted by Crippen LogP contribution is 2.36. The van der Waals surface area contributed by atoms with Gasteiger partial charge in [0.05, 0.1) is 12.8 Å². The van der Waals surface area contributed by atoms with E-state index in [9.17, 15) is 60.3 Å². The molecule has 0 aliphatic heterocycles. The molecular weight excluding hydrogens is 368 g/mol. The molecule has 0 aliphatic rings. The number of aliphatic carboxylic acids is 2. The molecule has 0 aromatic carbocycles. The van der Waals surface area contributed by atoms with E-state index in [1.807, 2.05) is 0 Å². The molecule has 0 heterocycles. The highest BCUT2D eigenvalue weighted by atomic mass is 16.7. The molecule has 0 aromatic rings. The lowest BCUT2D eigenvalue weighted by atomic mass is 9.85. The maximum absolute atomic E-state index is 11.5. The average molecular weight is 380 g/mol. The zero-order valence-corrected chi connectivity index (χ0v) is 13.2. The Bertz CT molecular complexity index is 638. The van der Waals surface area contributed by atoms with Crippen molar-refractivity contribution >= 4 is 11.9 Å². The third-order valence-corrected chi connectivity index (χ3v) is 3.67. The minimum absolute atomic E-state index is 0.750. The van der Waals surface area contributed by atoms with Gasteiger partial charge in [0.2, 0.25) is 11.1 Å². The van der Waals surface area contributed by atoms with E-state index >= 15 is 0 Å². The molecule has 0 saturated carbocycles. The average Bonchev–Trinajstić information content (AvgIpc) is 2.48. The minimum atomic E-state index is -3.86. The fourth-order valence-corrected chi connectivity index (χ4v) is 2.33. The van der Waals surface area contributed by atoms with Gasteiger partial charge in [0.1, 0.15) is 19.7 Å². The van der Waals surface area contributed by atoms with Gasteiger partial charge in [0, 0.05) is 0 Å². The summed E-state index contributed by atoms with van der Waals surface area (Å²) in [5, 5.41) is 63.4. The SMILES string of the molecule is CCC(/C(C(=O)O)=C(/C(=O)O)C(CC)([N+](=O)[O-])[N+](=O)[O-])([N+](=O)[O-])[N+](=O)[O-]. The van der Waals surface area contributed by atoms with Crippen molar-refractivity contribution in [2.45, 2.75) is 38.0 Å². The van der Waals surface area contributed by atoms with Crippen molar-refractivity contribution in [2.75, 3.05) is 0 Å². The quantitative estimate of drug-likeness (QED) is 0.216. The molecule has 26 heavy (non-hydrogen) atoms. The Kier molecular flexibility index (Phi) is 6.38. The molecule has 2 N–H and O–H groups in total. The summed E-state index contributed by atoms with van der Waals surface area (Å²) in [7, 11) is 0. The molecular formula is C10H12N4O12. The third-order valence-electron chi connectivity index (χ3n) is 3.67. The lowest BCUT2D eigenvalue weighted by Crippen LogP contribution is -2.56. The monoisotopic (exact) mass is 380 g/mol. The maximum atomic E-state index is 11.5. The first-order valence-corrected chi connectivity index (χ1v) is 6.58. The molecule has 0 rings (SSSR count). The zero-order valence-electron chi connectivity index (χ0n) is 13.2. The fourth-order valence-electron chi connectivity index (χ4n) is 2.33. The van der Waals surface area contributed by atoms with Gasteiger partial charge in [-0.25, -0.2) is 9.59 Å². The zero-order chi connectivity index (χ0) is 21.0. The van der Waals surface area contributed by atoms with Crippen LogP contribution in [0.4, 0.5) is 0 Å². The van der Waals surface area contributed by atoms with Crippen molar-refractivity contribution < 1.29 is 39.5 Å². The Morgan fingerprint density at radius 2 is 0.885 bits per heavy atom. The molecule has 0 aromatic heterocycles. The van der Waals surface area contributed by atoms with E-state index in [1.165, 1.54) is 0 Å². The van der Waals surface area contributed by atoms with Crippen LogP contribution < -0.4 is 0 Å². The van der Waals surface area contributed by atoms with Crippen LogP contribution in [0.25, 0.3) is 0 Å². The first-order valence-electron chi connectivity index (χ1n) is 6.58. The first kappa shape index (κ1) is 22.3. The van der Waals surface area contributed by atoms with Gasteiger partial charge in [-0.1, -0.05) is 13.8 Å². The number of nitro groups is 4. The first-order chi connectivity index (χ1) is 11.8. The number of carbonyl (C=O) groups is 2. The number of hydrogen-bond acceptors (Lipinski definition) is 10. The van der Waals surface area contributed by atoms with Crippen molar-refractivity contribution in [3.05, 3.63) is 51.6 Å². The Morgan fingerprint density at radius 3 is 0.962 bits per heavy atom. The van der Waals surface area contributed by atoms with E-state index in [4.69, 9.17) is 0 Å². The summed E-state index contributed by atoms with van der Waals surface area (Å²) in [6.07, 6.45) is -2.50. The summed E-state index contributed by atoms with van der Waals surface area (Å²) in [5.41, 5.74) is -12.0. The fraction of sp³-hybridized carbons (Fsp3) is 0.600. The predicted molar refractivity (Wildman–Crippen MR) is 76.3 cm³/mol. The smallest absolute Gasteiger partial charge is 0.477 e. The summed E-state index contributed by atoms with van der Waals surface area (Å²) in [4.78, 5) is 61.0. The molecule has 0 unspecified atom stereocenters. The summed E-state index contributed by atoms with van der Waals surface area (Å²) in [5.74, 6) is -5.17. The van der Waals surface area contributed by atoms with E-state index in [1.54, 1.807) is 0 Å². The Morgan fingerprint density at radius 1 is 0.692 bits per heavy atom. The summed E-state index contributed by atoms with van der Waals surface area (Å²) in [6.45, 7) is 1.50. The third kappa shape index (κ3) is 2.98. The van der Waals surface area contributed by atoms with Crippen molar-refractivity contribution in [1.82, 2.24) is 0 Å². The number of rotatable bonds is 10. The van der Waals surface area contributed by atoms with Crippen LogP contribution in [0.15, 0.2) is 11.1 Å². The van der Waals surface area contributed by atoms with Crippen LogP contribution in [-0.4, -0.2) is 53.2 Å². The van der Waals surface area contributed by atoms with Gasteiger partial charge in [0.15, 0.2) is 0 Å². The minimum Gasteiger partial charge on any atom is -0.477 e. The van der Waals surface area contributed by atoms with Crippen molar-refractivity contribution in [3.8, 4) is 0 Å². The van der Waals surface area contributed by atoms with Crippen LogP contribution in [0.2, 0.25) is 0 Å². The van der Waals surface area contributed by atoms with E-state index in [0.29, 0.717) is 0 Å². The van der Waals surface area contributed by atoms with E-state index < -0.39 is 66.9 Å². The van der Waals surface area contributed by atoms with Crippen LogP contribution >= 0.6 is 0 Å². The second kappa shape index (κ2) is 7.45. The van der Waals surface area contributed by atoms with Crippen molar-refractivity contribution in [3.63, 3.8) is 0 Å². The van der Waals surface area contributed by atoms with Crippen molar-refractivity contribution in [1.29, 1.82) is 0 Å². The molecule has 0 aliphatic carbocycles. The highest BCUT2D eigenvalue weighted by Gasteiger charge is 2.71. The summed E-state index contributed by atoms with van der Waals surface area (Å²) in [6, 6.07) is 0. The van der Waals surface area contributed by atoms with Crippen molar-refractivity contribution in [2.24, 2.45) is 0 Å². The number of carboxylic acid groups (broad SMARTS) is 2. The van der Waals surface area contributed by atoms with Gasteiger partial charge in [-0.05, 0) is 0 Å². The molecule has 0 saturated heterocycles. The largest absolute Gasteiger partial charge is 0.492 e. The standard InChI is InChI=1S/C10H12N4O12/c1-3-9(11(19)20,12(21)22)5(7(15)16)6(8(17)18)10(4-2,13(23)24)14(25)26/h3-4H2,1-2H3,(H,15,16)(H,17,18)/b6-5-. The lowest BCUT2D eigenvalue weighted by molar-refractivity contribution is -0.791. The van der Waals surface area contributed by atoms with Gasteiger partial charge in [-0.3, -0.25) is 40.5 Å². The van der Waals surface area contributed by atoms with Gasteiger partial charge in [-0.2, -0.15) is 0 Å². The number of carboxylic acids is 2. The maximum Gasteiger partial charge on any atom is 0.492 e. The molecule has 16 nitrogen and oxygen atoms in total. The van der Waals surface area contributed by atoms with Gasteiger partial charge in [-0.15, -0.1) is 0 Å². The van der Waals surface area contributed by atoms with Gasteiger partial charge < -0.3 is 10.2 Å². The van der Waals surface area contributed by atoms with E-state index in [0.717, 1.165) is 13.8 Å². The topological polar surface area (TPSA) is 247 Å². The molecule has 16 heteroatoms. The Labute approximate surface area is 142 Å². The molecule has 0 radical (unpaired) electrons. The van der Waals surface area contributed by atoms with Crippen LogP contribution in [0.3, 0.4) is 0 Å². The molecule has 0 atom stereocenters. The molecule has 144 valence electrons. The van der Waals surface area contributed by atoms with Crippen LogP contribution in [0.1, 0.15) is 26.7 Å². The second-order valence-electron chi connectivity index (χ2n) is 4.73. The van der Waals surface area contributed by atoms with E-state index in [-0.39, 0.29) is 0 Å². The predicted octanol–water partition coefficient (Wildman–Crippen LogP) is -0.228. The second-order valence-corrected chi connectivity index (χ2v) is 4.73. The molecule has 0 bridgehead atoms. The Balaban J connectivity index is 7.79. The highest BCUT2D eigenvalue weighted by molar-refractivity contribution is 6.01. The molecule has 0 spiro atoms. The van der Waals surface area contributed by atoms with Crippen LogP contribution in [-0.2, 0) is 9.59 Å².